The zero-order valence-electron chi connectivity index (χ0n) is 13.0. The summed E-state index contributed by atoms with van der Waals surface area (Å²) in [6, 6.07) is 9.24. The highest BCUT2D eigenvalue weighted by atomic mass is 15.1. The van der Waals surface area contributed by atoms with Gasteiger partial charge in [-0.05, 0) is 48.9 Å². The summed E-state index contributed by atoms with van der Waals surface area (Å²) in [5.41, 5.74) is 2.98. The molecule has 0 saturated carbocycles. The fraction of sp³-hybridized carbons (Fsp3) is 0.667. The van der Waals surface area contributed by atoms with Gasteiger partial charge in [0.15, 0.2) is 0 Å². The van der Waals surface area contributed by atoms with Crippen LogP contribution in [0.25, 0.3) is 0 Å². The van der Waals surface area contributed by atoms with Crippen molar-refractivity contribution in [3.05, 3.63) is 35.4 Å². The molecular formula is C18H28N2. The van der Waals surface area contributed by atoms with Crippen LogP contribution in [0.4, 0.5) is 0 Å². The van der Waals surface area contributed by atoms with Crippen LogP contribution in [0.5, 0.6) is 0 Å². The maximum atomic E-state index is 2.60. The number of rotatable bonds is 4. The van der Waals surface area contributed by atoms with Crippen molar-refractivity contribution in [3.63, 3.8) is 0 Å². The van der Waals surface area contributed by atoms with Crippen LogP contribution >= 0.6 is 0 Å². The Labute approximate surface area is 123 Å². The zero-order chi connectivity index (χ0) is 13.9. The minimum absolute atomic E-state index is 0.879. The Kier molecular flexibility index (Phi) is 4.42. The predicted molar refractivity (Wildman–Crippen MR) is 84.6 cm³/mol. The Bertz CT molecular complexity index is 406. The van der Waals surface area contributed by atoms with Crippen molar-refractivity contribution in [1.82, 2.24) is 9.80 Å². The second kappa shape index (κ2) is 6.28. The maximum absolute atomic E-state index is 2.60. The molecule has 0 amide bonds. The van der Waals surface area contributed by atoms with E-state index in [1.807, 2.05) is 0 Å². The van der Waals surface area contributed by atoms with Crippen molar-refractivity contribution in [1.29, 1.82) is 0 Å². The largest absolute Gasteiger partial charge is 0.299 e. The van der Waals surface area contributed by atoms with Gasteiger partial charge >= 0.3 is 0 Å². The molecule has 3 rings (SSSR count). The number of hydrogen-bond acceptors (Lipinski definition) is 2. The van der Waals surface area contributed by atoms with Crippen LogP contribution in [0.2, 0.25) is 0 Å². The van der Waals surface area contributed by atoms with Gasteiger partial charge in [-0.3, -0.25) is 9.80 Å². The molecule has 0 bridgehead atoms. The molecule has 2 atom stereocenters. The zero-order valence-corrected chi connectivity index (χ0v) is 13.0. The molecule has 0 N–H and O–H groups in total. The standard InChI is InChI=1S/C18H28N2/c1-15-6-8-19(11-15)13-17-4-3-5-18(10-17)14-20-9-7-16(2)12-20/h3-5,10,15-16H,6-9,11-14H2,1-2H3. The number of nitrogens with zero attached hydrogens (tertiary/aromatic N) is 2. The van der Waals surface area contributed by atoms with E-state index in [-0.39, 0.29) is 0 Å². The van der Waals surface area contributed by atoms with Crippen molar-refractivity contribution < 1.29 is 0 Å². The molecular weight excluding hydrogens is 244 g/mol. The maximum Gasteiger partial charge on any atom is 0.0233 e. The van der Waals surface area contributed by atoms with Gasteiger partial charge in [-0.1, -0.05) is 38.1 Å². The number of benzene rings is 1. The van der Waals surface area contributed by atoms with Crippen molar-refractivity contribution >= 4 is 0 Å². The van der Waals surface area contributed by atoms with Gasteiger partial charge in [-0.25, -0.2) is 0 Å². The van der Waals surface area contributed by atoms with Crippen LogP contribution < -0.4 is 0 Å². The highest BCUT2D eigenvalue weighted by molar-refractivity contribution is 5.23. The summed E-state index contributed by atoms with van der Waals surface area (Å²) in [6.45, 7) is 12.1. The molecule has 20 heavy (non-hydrogen) atoms. The molecule has 1 aromatic rings. The van der Waals surface area contributed by atoms with Crippen LogP contribution in [0.15, 0.2) is 24.3 Å². The topological polar surface area (TPSA) is 6.48 Å². The average molecular weight is 272 g/mol. The minimum Gasteiger partial charge on any atom is -0.299 e. The van der Waals surface area contributed by atoms with Gasteiger partial charge in [0.25, 0.3) is 0 Å². The van der Waals surface area contributed by atoms with Gasteiger partial charge in [0.2, 0.25) is 0 Å². The molecule has 2 aliphatic rings. The third-order valence-corrected chi connectivity index (χ3v) is 4.82. The lowest BCUT2D eigenvalue weighted by atomic mass is 10.1. The third-order valence-electron chi connectivity index (χ3n) is 4.82. The van der Waals surface area contributed by atoms with E-state index in [1.54, 1.807) is 0 Å². The van der Waals surface area contributed by atoms with E-state index in [1.165, 1.54) is 50.1 Å². The monoisotopic (exact) mass is 272 g/mol. The van der Waals surface area contributed by atoms with Crippen LogP contribution in [0.1, 0.15) is 37.8 Å². The average Bonchev–Trinajstić information content (AvgIpc) is 2.99. The summed E-state index contributed by atoms with van der Waals surface area (Å²) in [7, 11) is 0. The van der Waals surface area contributed by atoms with E-state index in [0.29, 0.717) is 0 Å². The Balaban J connectivity index is 1.58. The van der Waals surface area contributed by atoms with Crippen LogP contribution in [0.3, 0.4) is 0 Å². The van der Waals surface area contributed by atoms with Gasteiger partial charge in [0.05, 0.1) is 0 Å². The van der Waals surface area contributed by atoms with Gasteiger partial charge in [0.1, 0.15) is 0 Å². The SMILES string of the molecule is CC1CCN(Cc2cccc(CN3CCC(C)C3)c2)C1. The minimum atomic E-state index is 0.879. The fourth-order valence-corrected chi connectivity index (χ4v) is 3.68. The summed E-state index contributed by atoms with van der Waals surface area (Å²) >= 11 is 0. The second-order valence-electron chi connectivity index (χ2n) is 7.08. The van der Waals surface area contributed by atoms with Crippen molar-refractivity contribution in [2.45, 2.75) is 39.8 Å². The Morgan fingerprint density at radius 2 is 1.40 bits per heavy atom. The lowest BCUT2D eigenvalue weighted by molar-refractivity contribution is 0.315. The van der Waals surface area contributed by atoms with E-state index >= 15 is 0 Å². The smallest absolute Gasteiger partial charge is 0.0233 e. The highest BCUT2D eigenvalue weighted by Gasteiger charge is 2.20. The van der Waals surface area contributed by atoms with Crippen molar-refractivity contribution in [2.75, 3.05) is 26.2 Å². The number of likely N-dealkylation sites (tertiary alicyclic amines) is 2. The van der Waals surface area contributed by atoms with E-state index in [9.17, 15) is 0 Å². The van der Waals surface area contributed by atoms with Crippen LogP contribution in [-0.4, -0.2) is 36.0 Å². The predicted octanol–water partition coefficient (Wildman–Crippen LogP) is 3.37. The van der Waals surface area contributed by atoms with Crippen LogP contribution in [-0.2, 0) is 13.1 Å². The first-order valence-corrected chi connectivity index (χ1v) is 8.21. The van der Waals surface area contributed by atoms with Crippen molar-refractivity contribution in [3.8, 4) is 0 Å². The Hall–Kier alpha value is -0.860. The first kappa shape index (κ1) is 14.1. The highest BCUT2D eigenvalue weighted by Crippen LogP contribution is 2.20. The molecule has 2 heteroatoms. The van der Waals surface area contributed by atoms with E-state index in [4.69, 9.17) is 0 Å². The quantitative estimate of drug-likeness (QED) is 0.829. The molecule has 0 aromatic heterocycles. The normalized spacial score (nSPS) is 28.3. The molecule has 1 aromatic carbocycles. The molecule has 2 saturated heterocycles. The fourth-order valence-electron chi connectivity index (χ4n) is 3.68. The van der Waals surface area contributed by atoms with Gasteiger partial charge in [-0.15, -0.1) is 0 Å². The van der Waals surface area contributed by atoms with Crippen molar-refractivity contribution in [2.24, 2.45) is 11.8 Å². The molecule has 2 nitrogen and oxygen atoms in total. The molecule has 110 valence electrons. The summed E-state index contributed by atoms with van der Waals surface area (Å²) in [5.74, 6) is 1.76. The molecule has 2 aliphatic heterocycles. The lowest BCUT2D eigenvalue weighted by Gasteiger charge is -2.18. The molecule has 2 heterocycles. The third kappa shape index (κ3) is 3.62. The summed E-state index contributed by atoms with van der Waals surface area (Å²) in [4.78, 5) is 5.20. The molecule has 2 fully saturated rings. The molecule has 0 spiro atoms. The van der Waals surface area contributed by atoms with E-state index < -0.39 is 0 Å². The molecule has 0 aliphatic carbocycles. The Morgan fingerprint density at radius 3 is 1.80 bits per heavy atom. The summed E-state index contributed by atoms with van der Waals surface area (Å²) in [5, 5.41) is 0. The van der Waals surface area contributed by atoms with Crippen LogP contribution in [0, 0.1) is 11.8 Å². The summed E-state index contributed by atoms with van der Waals surface area (Å²) < 4.78 is 0. The van der Waals surface area contributed by atoms with Gasteiger partial charge < -0.3 is 0 Å². The molecule has 0 radical (unpaired) electrons. The molecule has 2 unspecified atom stereocenters. The first-order valence-electron chi connectivity index (χ1n) is 8.21. The van der Waals surface area contributed by atoms with E-state index in [2.05, 4.69) is 47.9 Å². The lowest BCUT2D eigenvalue weighted by Crippen LogP contribution is -2.21. The van der Waals surface area contributed by atoms with E-state index in [0.717, 1.165) is 24.9 Å². The second-order valence-corrected chi connectivity index (χ2v) is 7.08. The summed E-state index contributed by atoms with van der Waals surface area (Å²) in [6.07, 6.45) is 2.73. The Morgan fingerprint density at radius 1 is 0.900 bits per heavy atom. The number of hydrogen-bond donors (Lipinski definition) is 0. The first-order chi connectivity index (χ1) is 9.69. The van der Waals surface area contributed by atoms with Gasteiger partial charge in [-0.2, -0.15) is 0 Å². The van der Waals surface area contributed by atoms with Gasteiger partial charge in [0, 0.05) is 26.2 Å².